The number of amides is 1. The molecule has 2 N–H and O–H groups in total. The molecule has 2 aromatic carbocycles. The predicted molar refractivity (Wildman–Crippen MR) is 163 cm³/mol. The lowest BCUT2D eigenvalue weighted by Gasteiger charge is -2.48. The molecule has 10 heteroatoms. The fourth-order valence-electron chi connectivity index (χ4n) is 5.28. The van der Waals surface area contributed by atoms with Crippen LogP contribution in [0.25, 0.3) is 0 Å². The Balaban J connectivity index is 0.000000483. The van der Waals surface area contributed by atoms with Crippen molar-refractivity contribution in [2.45, 2.75) is 56.9 Å². The van der Waals surface area contributed by atoms with Gasteiger partial charge in [0.2, 0.25) is 5.91 Å². The second kappa shape index (κ2) is 14.4. The van der Waals surface area contributed by atoms with Gasteiger partial charge in [0.25, 0.3) is 0 Å². The van der Waals surface area contributed by atoms with E-state index in [9.17, 15) is 18.9 Å². The highest BCUT2D eigenvalue weighted by Gasteiger charge is 2.50. The van der Waals surface area contributed by atoms with Crippen LogP contribution in [0, 0.1) is 11.3 Å². The van der Waals surface area contributed by atoms with Crippen LogP contribution < -0.4 is 4.72 Å². The summed E-state index contributed by atoms with van der Waals surface area (Å²) in [6.45, 7) is 2.13. The maximum atomic E-state index is 13.9. The Morgan fingerprint density at radius 1 is 1.05 bits per heavy atom. The smallest absolute Gasteiger partial charge is 0.304 e. The second-order valence-electron chi connectivity index (χ2n) is 10.8. The molecule has 4 atom stereocenters. The average Bonchev–Trinajstić information content (AvgIpc) is 3.78. The molecule has 1 saturated carbocycles. The first-order valence-corrected chi connectivity index (χ1v) is 15.8. The third kappa shape index (κ3) is 8.85. The fourth-order valence-corrected chi connectivity index (χ4v) is 6.45. The van der Waals surface area contributed by atoms with Gasteiger partial charge in [-0.25, -0.2) is 8.93 Å². The van der Waals surface area contributed by atoms with Gasteiger partial charge in [-0.1, -0.05) is 66.5 Å². The predicted octanol–water partition coefficient (Wildman–Crippen LogP) is 6.45. The van der Waals surface area contributed by atoms with Crippen molar-refractivity contribution in [3.8, 4) is 0 Å². The fraction of sp³-hybridized carbons (Fsp3) is 0.387. The molecular weight excluding hydrogens is 581 g/mol. The third-order valence-electron chi connectivity index (χ3n) is 7.57. The van der Waals surface area contributed by atoms with Crippen molar-refractivity contribution in [3.63, 3.8) is 0 Å². The van der Waals surface area contributed by atoms with Gasteiger partial charge in [-0.15, -0.1) is 0 Å². The molecular formula is C31H35Cl2N3O4S. The Hall–Kier alpha value is -2.78. The van der Waals surface area contributed by atoms with Gasteiger partial charge in [0.1, 0.15) is 0 Å². The monoisotopic (exact) mass is 615 g/mol. The molecule has 1 aliphatic carbocycles. The van der Waals surface area contributed by atoms with Crippen molar-refractivity contribution in [2.24, 2.45) is 11.3 Å². The van der Waals surface area contributed by atoms with Crippen molar-refractivity contribution < 1.29 is 18.9 Å². The number of likely N-dealkylation sites (tertiary alicyclic amines) is 1. The summed E-state index contributed by atoms with van der Waals surface area (Å²) in [6.07, 6.45) is 4.62. The second-order valence-corrected chi connectivity index (χ2v) is 13.0. The summed E-state index contributed by atoms with van der Waals surface area (Å²) < 4.78 is 15.9. The van der Waals surface area contributed by atoms with Crippen LogP contribution in [-0.4, -0.2) is 43.7 Å². The molecule has 1 amide bonds. The van der Waals surface area contributed by atoms with E-state index in [0.717, 1.165) is 29.1 Å². The Kier molecular flexibility index (Phi) is 10.9. The van der Waals surface area contributed by atoms with Crippen molar-refractivity contribution in [1.82, 2.24) is 14.6 Å². The minimum Gasteiger partial charge on any atom is -0.481 e. The topological polar surface area (TPSA) is 99.6 Å². The zero-order valence-corrected chi connectivity index (χ0v) is 25.2. The van der Waals surface area contributed by atoms with Crippen LogP contribution in [0.3, 0.4) is 0 Å². The molecule has 2 fully saturated rings. The van der Waals surface area contributed by atoms with E-state index < -0.39 is 22.4 Å². The zero-order valence-electron chi connectivity index (χ0n) is 22.9. The Morgan fingerprint density at radius 3 is 2.27 bits per heavy atom. The number of hydrogen-bond acceptors (Lipinski definition) is 4. The van der Waals surface area contributed by atoms with Crippen LogP contribution >= 0.6 is 23.2 Å². The van der Waals surface area contributed by atoms with E-state index in [0.29, 0.717) is 30.3 Å². The first kappa shape index (κ1) is 31.2. The molecule has 41 heavy (non-hydrogen) atoms. The van der Waals surface area contributed by atoms with E-state index in [1.807, 2.05) is 77.7 Å². The largest absolute Gasteiger partial charge is 0.481 e. The molecule has 1 saturated heterocycles. The van der Waals surface area contributed by atoms with Gasteiger partial charge in [-0.05, 0) is 73.6 Å². The number of hydrogen-bond donors (Lipinski definition) is 2. The van der Waals surface area contributed by atoms with Crippen LogP contribution in [0.1, 0.15) is 56.3 Å². The van der Waals surface area contributed by atoms with Crippen molar-refractivity contribution in [2.75, 3.05) is 6.54 Å². The molecule has 3 aromatic rings. The number of carboxylic acids is 1. The summed E-state index contributed by atoms with van der Waals surface area (Å²) in [5.74, 6) is -0.539. The van der Waals surface area contributed by atoms with Gasteiger partial charge in [-0.3, -0.25) is 14.6 Å². The molecule has 1 aliphatic heterocycles. The first-order valence-electron chi connectivity index (χ1n) is 13.7. The number of benzene rings is 2. The summed E-state index contributed by atoms with van der Waals surface area (Å²) >= 11 is 11.6. The normalized spacial score (nSPS) is 21.9. The number of aliphatic carboxylic acids is 1. The molecule has 0 spiro atoms. The number of piperidine rings is 1. The zero-order chi connectivity index (χ0) is 29.4. The highest BCUT2D eigenvalue weighted by molar-refractivity contribution is 7.82. The summed E-state index contributed by atoms with van der Waals surface area (Å²) in [5.41, 5.74) is 0.753. The van der Waals surface area contributed by atoms with Crippen molar-refractivity contribution >= 4 is 46.1 Å². The van der Waals surface area contributed by atoms with E-state index in [-0.39, 0.29) is 30.2 Å². The number of halogens is 2. The molecule has 7 nitrogen and oxygen atoms in total. The molecule has 5 rings (SSSR count). The third-order valence-corrected chi connectivity index (χ3v) is 9.12. The summed E-state index contributed by atoms with van der Waals surface area (Å²) in [6, 6.07) is 22.1. The Labute approximate surface area is 253 Å². The summed E-state index contributed by atoms with van der Waals surface area (Å²) in [7, 11) is -1.35. The molecule has 2 aliphatic rings. The lowest BCUT2D eigenvalue weighted by atomic mass is 9.74. The van der Waals surface area contributed by atoms with Crippen LogP contribution in [-0.2, 0) is 26.3 Å². The van der Waals surface area contributed by atoms with Crippen LogP contribution in [0.4, 0.5) is 0 Å². The van der Waals surface area contributed by atoms with Gasteiger partial charge >= 0.3 is 5.97 Å². The highest BCUT2D eigenvalue weighted by Crippen LogP contribution is 2.47. The lowest BCUT2D eigenvalue weighted by molar-refractivity contribution is -0.159. The highest BCUT2D eigenvalue weighted by atomic mass is 35.5. The minimum absolute atomic E-state index is 0.143. The van der Waals surface area contributed by atoms with Crippen LogP contribution in [0.2, 0.25) is 10.0 Å². The molecule has 0 bridgehead atoms. The van der Waals surface area contributed by atoms with E-state index in [1.54, 1.807) is 13.1 Å². The number of carboxylic acid groups (broad SMARTS) is 1. The minimum atomic E-state index is -1.35. The van der Waals surface area contributed by atoms with Gasteiger partial charge in [0.05, 0.1) is 40.3 Å². The number of carbonyl (C=O) groups excluding carboxylic acids is 1. The maximum Gasteiger partial charge on any atom is 0.304 e. The van der Waals surface area contributed by atoms with Gasteiger partial charge < -0.3 is 10.0 Å². The molecule has 1 aromatic heterocycles. The van der Waals surface area contributed by atoms with Gasteiger partial charge in [-0.2, -0.15) is 0 Å². The SMILES string of the molecule is C[C@]1(CC(=O)O)CC[C@@H](c2ccc(Cl)cc2)N(C(CNS(=O)Cc2ccccn2)C2CC2)C1=O.Clc1ccccc1. The quantitative estimate of drug-likeness (QED) is 0.273. The number of nitrogens with one attached hydrogen (secondary N) is 1. The number of pyridine rings is 1. The summed E-state index contributed by atoms with van der Waals surface area (Å²) in [5, 5.41) is 10.9. The number of carbonyl (C=O) groups is 2. The summed E-state index contributed by atoms with van der Waals surface area (Å²) in [4.78, 5) is 31.6. The lowest BCUT2D eigenvalue weighted by Crippen LogP contribution is -2.56. The van der Waals surface area contributed by atoms with Crippen LogP contribution in [0.15, 0.2) is 79.0 Å². The van der Waals surface area contributed by atoms with E-state index in [2.05, 4.69) is 9.71 Å². The molecule has 2 unspecified atom stereocenters. The molecule has 0 radical (unpaired) electrons. The number of nitrogens with zero attached hydrogens (tertiary/aromatic N) is 2. The standard InChI is InChI=1S/C25H30ClN3O4S.C6H5Cl/c1-25(14-23(30)31)12-11-21(17-7-9-19(26)10-8-17)29(24(25)32)22(18-5-6-18)15-28-34(33)16-20-4-2-3-13-27-20;7-6-4-2-1-3-5-6/h2-4,7-10,13,18,21-22,28H,5-6,11-12,14-16H2,1H3,(H,30,31);1-5H/t21-,22?,25+,34?;/m0./s1. The Morgan fingerprint density at radius 2 is 1.71 bits per heavy atom. The van der Waals surface area contributed by atoms with Gasteiger partial charge in [0, 0.05) is 28.8 Å². The van der Waals surface area contributed by atoms with E-state index in [1.165, 1.54) is 0 Å². The van der Waals surface area contributed by atoms with Crippen molar-refractivity contribution in [1.29, 1.82) is 0 Å². The van der Waals surface area contributed by atoms with Gasteiger partial charge in [0.15, 0.2) is 0 Å². The van der Waals surface area contributed by atoms with E-state index in [4.69, 9.17) is 23.2 Å². The maximum absolute atomic E-state index is 13.9. The number of rotatable bonds is 10. The number of aromatic nitrogens is 1. The average molecular weight is 617 g/mol. The first-order chi connectivity index (χ1) is 19.7. The molecule has 218 valence electrons. The molecule has 2 heterocycles. The Bertz CT molecular complexity index is 1330. The van der Waals surface area contributed by atoms with E-state index >= 15 is 0 Å². The van der Waals surface area contributed by atoms with Crippen LogP contribution in [0.5, 0.6) is 0 Å². The van der Waals surface area contributed by atoms with Crippen molar-refractivity contribution in [3.05, 3.63) is 100 Å².